The minimum absolute atomic E-state index is 0.175. The molecule has 1 atom stereocenters. The minimum atomic E-state index is 0.175. The van der Waals surface area contributed by atoms with Crippen molar-refractivity contribution in [2.45, 2.75) is 12.3 Å². The lowest BCUT2D eigenvalue weighted by atomic mass is 9.89. The summed E-state index contributed by atoms with van der Waals surface area (Å²) in [5.41, 5.74) is 11.7. The van der Waals surface area contributed by atoms with E-state index >= 15 is 0 Å². The maximum absolute atomic E-state index is 9.48. The maximum atomic E-state index is 9.48. The molecular formula is C24H23N2O2S+. The largest absolute Gasteiger partial charge is 0.508 e. The van der Waals surface area contributed by atoms with Crippen molar-refractivity contribution in [2.75, 3.05) is 12.8 Å². The molecule has 0 saturated carbocycles. The van der Waals surface area contributed by atoms with Crippen molar-refractivity contribution < 1.29 is 14.8 Å². The molecule has 0 radical (unpaired) electrons. The smallest absolute Gasteiger partial charge is 0.329 e. The summed E-state index contributed by atoms with van der Waals surface area (Å²) >= 11 is 1.52. The number of thiazole rings is 1. The molecule has 4 aromatic rings. The highest BCUT2D eigenvalue weighted by molar-refractivity contribution is 7.13. The molecule has 0 aliphatic heterocycles. The van der Waals surface area contributed by atoms with Crippen LogP contribution in [0, 0.1) is 0 Å². The molecule has 3 aromatic carbocycles. The second-order valence-electron chi connectivity index (χ2n) is 6.95. The zero-order valence-corrected chi connectivity index (χ0v) is 16.9. The molecule has 1 unspecified atom stereocenters. The van der Waals surface area contributed by atoms with Crippen molar-refractivity contribution in [2.24, 2.45) is 0 Å². The molecule has 0 aliphatic rings. The topological polar surface area (TPSA) is 69.6 Å². The van der Waals surface area contributed by atoms with Gasteiger partial charge in [-0.1, -0.05) is 59.9 Å². The number of hydrogen-bond acceptors (Lipinski definition) is 4. The number of anilines is 1. The molecule has 0 amide bonds. The third kappa shape index (κ3) is 4.41. The van der Waals surface area contributed by atoms with Crippen molar-refractivity contribution in [1.82, 2.24) is 0 Å². The van der Waals surface area contributed by atoms with Gasteiger partial charge in [0.25, 0.3) is 0 Å². The molecule has 5 heteroatoms. The number of hydrogen-bond donors (Lipinski definition) is 2. The van der Waals surface area contributed by atoms with Gasteiger partial charge < -0.3 is 9.84 Å². The number of aromatic hydroxyl groups is 1. The Morgan fingerprint density at radius 2 is 1.55 bits per heavy atom. The molecule has 29 heavy (non-hydrogen) atoms. The number of aromatic nitrogens is 1. The van der Waals surface area contributed by atoms with Crippen LogP contribution in [0.15, 0.2) is 78.2 Å². The Hall–Kier alpha value is -3.31. The Kier molecular flexibility index (Phi) is 5.49. The fourth-order valence-corrected chi connectivity index (χ4v) is 4.12. The summed E-state index contributed by atoms with van der Waals surface area (Å²) in [4.78, 5) is 3.31. The van der Waals surface area contributed by atoms with Gasteiger partial charge in [0.1, 0.15) is 17.2 Å². The van der Waals surface area contributed by atoms with Crippen LogP contribution in [0.5, 0.6) is 11.5 Å². The lowest BCUT2D eigenvalue weighted by Gasteiger charge is -2.15. The van der Waals surface area contributed by atoms with E-state index < -0.39 is 0 Å². The summed E-state index contributed by atoms with van der Waals surface area (Å²) in [6.45, 7) is 0. The second kappa shape index (κ2) is 8.37. The highest BCUT2D eigenvalue weighted by atomic mass is 32.1. The molecule has 4 nitrogen and oxygen atoms in total. The fourth-order valence-electron chi connectivity index (χ4n) is 3.46. The van der Waals surface area contributed by atoms with Crippen molar-refractivity contribution in [1.29, 1.82) is 0 Å². The quantitative estimate of drug-likeness (QED) is 0.481. The number of aromatic amines is 1. The van der Waals surface area contributed by atoms with E-state index in [0.717, 1.165) is 29.0 Å². The first kappa shape index (κ1) is 19.0. The number of nitrogens with one attached hydrogen (secondary N) is 1. The van der Waals surface area contributed by atoms with Crippen LogP contribution in [0.2, 0.25) is 0 Å². The average molecular weight is 404 g/mol. The molecule has 0 fully saturated rings. The summed E-state index contributed by atoms with van der Waals surface area (Å²) in [5.74, 6) is 1.30. The molecule has 0 spiro atoms. The van der Waals surface area contributed by atoms with E-state index in [4.69, 9.17) is 10.5 Å². The van der Waals surface area contributed by atoms with E-state index in [1.165, 1.54) is 22.5 Å². The van der Waals surface area contributed by atoms with Gasteiger partial charge in [0.2, 0.25) is 0 Å². The first-order chi connectivity index (χ1) is 14.1. The first-order valence-electron chi connectivity index (χ1n) is 9.41. The van der Waals surface area contributed by atoms with Gasteiger partial charge in [0, 0.05) is 5.38 Å². The molecular weight excluding hydrogens is 380 g/mol. The van der Waals surface area contributed by atoms with Gasteiger partial charge in [-0.05, 0) is 52.9 Å². The van der Waals surface area contributed by atoms with Crippen LogP contribution in [-0.4, -0.2) is 12.2 Å². The van der Waals surface area contributed by atoms with E-state index in [1.807, 2.05) is 24.3 Å². The zero-order chi connectivity index (χ0) is 20.2. The Bertz CT molecular complexity index is 1070. The van der Waals surface area contributed by atoms with Gasteiger partial charge in [-0.3, -0.25) is 5.73 Å². The number of ether oxygens (including phenoxy) is 1. The summed E-state index contributed by atoms with van der Waals surface area (Å²) in [6, 6.07) is 24.0. The number of methoxy groups -OCH3 is 1. The number of H-pyrrole nitrogens is 1. The summed E-state index contributed by atoms with van der Waals surface area (Å²) in [5, 5.41) is 12.3. The predicted molar refractivity (Wildman–Crippen MR) is 117 cm³/mol. The van der Waals surface area contributed by atoms with Crippen LogP contribution >= 0.6 is 11.3 Å². The molecule has 4 N–H and O–H groups in total. The predicted octanol–water partition coefficient (Wildman–Crippen LogP) is 4.90. The number of benzene rings is 3. The minimum Gasteiger partial charge on any atom is -0.508 e. The van der Waals surface area contributed by atoms with Gasteiger partial charge in [-0.15, -0.1) is 0 Å². The van der Waals surface area contributed by atoms with Gasteiger partial charge in [-0.25, -0.2) is 4.98 Å². The van der Waals surface area contributed by atoms with Crippen LogP contribution in [0.3, 0.4) is 0 Å². The third-order valence-electron chi connectivity index (χ3n) is 5.07. The number of phenolic OH excluding ortho intramolecular Hbond substituents is 1. The number of rotatable bonds is 6. The van der Waals surface area contributed by atoms with Crippen LogP contribution < -0.4 is 15.5 Å². The van der Waals surface area contributed by atoms with Crippen molar-refractivity contribution >= 4 is 16.5 Å². The summed E-state index contributed by atoms with van der Waals surface area (Å²) in [6.07, 6.45) is 0.856. The number of nitrogen functional groups attached to an aromatic ring is 1. The fraction of sp³-hybridized carbons (Fsp3) is 0.125. The van der Waals surface area contributed by atoms with Gasteiger partial charge >= 0.3 is 5.13 Å². The molecule has 4 rings (SSSR count). The SMILES string of the molecule is COc1ccc(C(Cc2ccc(-c3ccc(O)cc3)cc2)c2csc(N)[nH+]2)cc1. The van der Waals surface area contributed by atoms with E-state index in [1.54, 1.807) is 19.2 Å². The van der Waals surface area contributed by atoms with Crippen LogP contribution in [0.1, 0.15) is 22.7 Å². The lowest BCUT2D eigenvalue weighted by Crippen LogP contribution is -2.17. The molecule has 0 bridgehead atoms. The highest BCUT2D eigenvalue weighted by Crippen LogP contribution is 2.30. The molecule has 0 aliphatic carbocycles. The Morgan fingerprint density at radius 1 is 0.931 bits per heavy atom. The van der Waals surface area contributed by atoms with E-state index in [2.05, 4.69) is 46.8 Å². The van der Waals surface area contributed by atoms with Crippen LogP contribution in [0.25, 0.3) is 11.1 Å². The maximum Gasteiger partial charge on any atom is 0.329 e. The Morgan fingerprint density at radius 3 is 2.10 bits per heavy atom. The molecule has 1 heterocycles. The highest BCUT2D eigenvalue weighted by Gasteiger charge is 2.20. The number of nitrogens with two attached hydrogens (primary N) is 1. The standard InChI is InChI=1S/C24H22N2O2S/c1-28-21-12-8-19(9-13-21)22(23-15-29-24(25)26-23)14-16-2-4-17(5-3-16)18-6-10-20(27)11-7-18/h2-13,15,22,27H,14H2,1H3,(H2,25,26)/p+1. The van der Waals surface area contributed by atoms with Crippen molar-refractivity contribution in [3.8, 4) is 22.6 Å². The summed E-state index contributed by atoms with van der Waals surface area (Å²) < 4.78 is 5.30. The van der Waals surface area contributed by atoms with Crippen LogP contribution in [-0.2, 0) is 6.42 Å². The number of phenols is 1. The van der Waals surface area contributed by atoms with Gasteiger partial charge in [0.05, 0.1) is 13.0 Å². The average Bonchev–Trinajstić information content (AvgIpc) is 3.19. The Balaban J connectivity index is 1.60. The normalized spacial score (nSPS) is 11.9. The first-order valence-corrected chi connectivity index (χ1v) is 10.3. The molecule has 146 valence electrons. The Labute approximate surface area is 174 Å². The third-order valence-corrected chi connectivity index (χ3v) is 5.80. The van der Waals surface area contributed by atoms with Crippen molar-refractivity contribution in [3.63, 3.8) is 0 Å². The monoisotopic (exact) mass is 403 g/mol. The van der Waals surface area contributed by atoms with Gasteiger partial charge in [0.15, 0.2) is 0 Å². The van der Waals surface area contributed by atoms with Crippen LogP contribution in [0.4, 0.5) is 5.13 Å². The van der Waals surface area contributed by atoms with E-state index in [0.29, 0.717) is 5.13 Å². The zero-order valence-electron chi connectivity index (χ0n) is 16.1. The van der Waals surface area contributed by atoms with Crippen molar-refractivity contribution in [3.05, 3.63) is 95.0 Å². The second-order valence-corrected chi connectivity index (χ2v) is 7.87. The lowest BCUT2D eigenvalue weighted by molar-refractivity contribution is -0.368. The molecule has 1 aromatic heterocycles. The van der Waals surface area contributed by atoms with E-state index in [9.17, 15) is 5.11 Å². The molecule has 0 saturated heterocycles. The van der Waals surface area contributed by atoms with E-state index in [-0.39, 0.29) is 11.7 Å². The van der Waals surface area contributed by atoms with Gasteiger partial charge in [-0.2, -0.15) is 0 Å². The summed E-state index contributed by atoms with van der Waals surface area (Å²) in [7, 11) is 1.68.